The van der Waals surface area contributed by atoms with Crippen molar-refractivity contribution in [2.24, 2.45) is 0 Å². The largest absolute Gasteiger partial charge is 0.377 e. The third-order valence-electron chi connectivity index (χ3n) is 3.26. The number of nitrogens with zero attached hydrogens (tertiary/aromatic N) is 2. The van der Waals surface area contributed by atoms with Crippen molar-refractivity contribution >= 4 is 32.5 Å². The van der Waals surface area contributed by atoms with Crippen molar-refractivity contribution in [3.8, 4) is 0 Å². The molecule has 3 nitrogen and oxygen atoms in total. The highest BCUT2D eigenvalue weighted by Crippen LogP contribution is 2.27. The molecule has 0 aliphatic rings. The number of anilines is 1. The average molecular weight is 328 g/mol. The Bertz CT molecular complexity index is 728. The van der Waals surface area contributed by atoms with Gasteiger partial charge in [0.15, 0.2) is 0 Å². The van der Waals surface area contributed by atoms with Crippen LogP contribution in [0, 0.1) is 0 Å². The van der Waals surface area contributed by atoms with Gasteiger partial charge in [0.25, 0.3) is 0 Å². The second kappa shape index (κ2) is 5.59. The number of hydrogen-bond acceptors (Lipinski definition) is 3. The van der Waals surface area contributed by atoms with Crippen molar-refractivity contribution in [2.75, 3.05) is 5.32 Å². The van der Waals surface area contributed by atoms with Crippen LogP contribution in [-0.4, -0.2) is 9.97 Å². The molecule has 1 N–H and O–H groups in total. The van der Waals surface area contributed by atoms with E-state index in [1.54, 1.807) is 0 Å². The van der Waals surface area contributed by atoms with Gasteiger partial charge in [-0.1, -0.05) is 12.1 Å². The summed E-state index contributed by atoms with van der Waals surface area (Å²) in [5.74, 6) is 0. The van der Waals surface area contributed by atoms with Crippen molar-refractivity contribution < 1.29 is 0 Å². The molecule has 0 saturated heterocycles. The molecule has 3 aromatic rings. The van der Waals surface area contributed by atoms with E-state index in [2.05, 4.69) is 56.3 Å². The van der Waals surface area contributed by atoms with Crippen LogP contribution in [0.5, 0.6) is 0 Å². The third-order valence-corrected chi connectivity index (χ3v) is 3.69. The number of nitrogens with one attached hydrogen (secondary N) is 1. The van der Waals surface area contributed by atoms with Crippen LogP contribution in [-0.2, 0) is 0 Å². The monoisotopic (exact) mass is 327 g/mol. The normalized spacial score (nSPS) is 12.3. The summed E-state index contributed by atoms with van der Waals surface area (Å²) >= 11 is 3.45. The Morgan fingerprint density at radius 2 is 1.95 bits per heavy atom. The maximum absolute atomic E-state index is 4.51. The van der Waals surface area contributed by atoms with E-state index in [9.17, 15) is 0 Å². The van der Waals surface area contributed by atoms with Crippen molar-refractivity contribution in [1.29, 1.82) is 0 Å². The zero-order valence-corrected chi connectivity index (χ0v) is 12.6. The van der Waals surface area contributed by atoms with Crippen LogP contribution in [0.15, 0.2) is 59.5 Å². The molecule has 2 aromatic heterocycles. The molecular weight excluding hydrogens is 314 g/mol. The molecule has 4 heteroatoms. The number of rotatable bonds is 3. The second-order valence-electron chi connectivity index (χ2n) is 4.68. The standard InChI is InChI=1S/C16H14BrN3/c1-11(12-5-7-18-8-6-12)20-15-4-2-3-13-9-14(17)10-19-16(13)15/h2-11,20H,1H3. The molecule has 1 atom stereocenters. The zero-order chi connectivity index (χ0) is 13.9. The Balaban J connectivity index is 1.95. The van der Waals surface area contributed by atoms with E-state index in [0.717, 1.165) is 21.1 Å². The maximum atomic E-state index is 4.51. The lowest BCUT2D eigenvalue weighted by atomic mass is 10.1. The molecule has 0 aliphatic heterocycles. The lowest BCUT2D eigenvalue weighted by molar-refractivity contribution is 0.882. The highest BCUT2D eigenvalue weighted by Gasteiger charge is 2.08. The second-order valence-corrected chi connectivity index (χ2v) is 5.59. The summed E-state index contributed by atoms with van der Waals surface area (Å²) in [5.41, 5.74) is 3.23. The van der Waals surface area contributed by atoms with E-state index in [-0.39, 0.29) is 6.04 Å². The van der Waals surface area contributed by atoms with Gasteiger partial charge in [0.2, 0.25) is 0 Å². The van der Waals surface area contributed by atoms with Crippen LogP contribution in [0.25, 0.3) is 10.9 Å². The average Bonchev–Trinajstić information content (AvgIpc) is 2.48. The Hall–Kier alpha value is -1.94. The molecule has 0 fully saturated rings. The van der Waals surface area contributed by atoms with E-state index in [0.29, 0.717) is 0 Å². The van der Waals surface area contributed by atoms with Crippen molar-refractivity contribution in [1.82, 2.24) is 9.97 Å². The Morgan fingerprint density at radius 3 is 2.75 bits per heavy atom. The SMILES string of the molecule is CC(Nc1cccc2cc(Br)cnc12)c1ccncc1. The van der Waals surface area contributed by atoms with E-state index < -0.39 is 0 Å². The minimum absolute atomic E-state index is 0.203. The van der Waals surface area contributed by atoms with Crippen LogP contribution in [0.1, 0.15) is 18.5 Å². The van der Waals surface area contributed by atoms with Crippen LogP contribution in [0.2, 0.25) is 0 Å². The van der Waals surface area contributed by atoms with Gasteiger partial charge in [0.05, 0.1) is 11.2 Å². The third kappa shape index (κ3) is 2.65. The number of pyridine rings is 2. The first-order valence-corrected chi connectivity index (χ1v) is 7.24. The summed E-state index contributed by atoms with van der Waals surface area (Å²) < 4.78 is 0.990. The molecule has 1 aromatic carbocycles. The van der Waals surface area contributed by atoms with Gasteiger partial charge >= 0.3 is 0 Å². The predicted molar refractivity (Wildman–Crippen MR) is 85.7 cm³/mol. The first-order valence-electron chi connectivity index (χ1n) is 6.45. The summed E-state index contributed by atoms with van der Waals surface area (Å²) in [7, 11) is 0. The van der Waals surface area contributed by atoms with E-state index in [1.807, 2.05) is 36.8 Å². The van der Waals surface area contributed by atoms with Crippen molar-refractivity contribution in [3.63, 3.8) is 0 Å². The lowest BCUT2D eigenvalue weighted by Crippen LogP contribution is -2.07. The van der Waals surface area contributed by atoms with Crippen LogP contribution in [0.4, 0.5) is 5.69 Å². The zero-order valence-electron chi connectivity index (χ0n) is 11.0. The van der Waals surface area contributed by atoms with E-state index in [1.165, 1.54) is 5.56 Å². The highest BCUT2D eigenvalue weighted by atomic mass is 79.9. The summed E-state index contributed by atoms with van der Waals surface area (Å²) in [5, 5.41) is 4.63. The summed E-state index contributed by atoms with van der Waals surface area (Å²) in [6.07, 6.45) is 5.45. The summed E-state index contributed by atoms with van der Waals surface area (Å²) in [4.78, 5) is 8.55. The first kappa shape index (κ1) is 13.1. The summed E-state index contributed by atoms with van der Waals surface area (Å²) in [6, 6.07) is 12.5. The first-order chi connectivity index (χ1) is 9.74. The van der Waals surface area contributed by atoms with Gasteiger partial charge in [-0.05, 0) is 52.7 Å². The smallest absolute Gasteiger partial charge is 0.0934 e. The van der Waals surface area contributed by atoms with E-state index in [4.69, 9.17) is 0 Å². The van der Waals surface area contributed by atoms with Gasteiger partial charge in [-0.15, -0.1) is 0 Å². The molecule has 0 bridgehead atoms. The lowest BCUT2D eigenvalue weighted by Gasteiger charge is -2.16. The molecule has 0 saturated carbocycles. The fourth-order valence-corrected chi connectivity index (χ4v) is 2.57. The molecule has 2 heterocycles. The molecule has 0 radical (unpaired) electrons. The fourth-order valence-electron chi connectivity index (χ4n) is 2.22. The molecule has 0 spiro atoms. The van der Waals surface area contributed by atoms with Gasteiger partial charge in [0, 0.05) is 34.5 Å². The summed E-state index contributed by atoms with van der Waals surface area (Å²) in [6.45, 7) is 2.13. The minimum atomic E-state index is 0.203. The fraction of sp³-hybridized carbons (Fsp3) is 0.125. The highest BCUT2D eigenvalue weighted by molar-refractivity contribution is 9.10. The van der Waals surface area contributed by atoms with Crippen molar-refractivity contribution in [2.45, 2.75) is 13.0 Å². The molecule has 3 rings (SSSR count). The molecule has 0 aliphatic carbocycles. The number of aromatic nitrogens is 2. The topological polar surface area (TPSA) is 37.8 Å². The van der Waals surface area contributed by atoms with Gasteiger partial charge in [-0.2, -0.15) is 0 Å². The quantitative estimate of drug-likeness (QED) is 0.765. The number of para-hydroxylation sites is 1. The van der Waals surface area contributed by atoms with Crippen molar-refractivity contribution in [3.05, 3.63) is 65.0 Å². The van der Waals surface area contributed by atoms with Gasteiger partial charge in [-0.3, -0.25) is 9.97 Å². The molecule has 20 heavy (non-hydrogen) atoms. The minimum Gasteiger partial charge on any atom is -0.377 e. The van der Waals surface area contributed by atoms with Crippen LogP contribution in [0.3, 0.4) is 0 Å². The number of hydrogen-bond donors (Lipinski definition) is 1. The molecular formula is C16H14BrN3. The maximum Gasteiger partial charge on any atom is 0.0934 e. The molecule has 100 valence electrons. The Morgan fingerprint density at radius 1 is 1.15 bits per heavy atom. The predicted octanol–water partition coefficient (Wildman–Crippen LogP) is 4.57. The number of benzene rings is 1. The Kier molecular flexibility index (Phi) is 3.65. The van der Waals surface area contributed by atoms with Crippen LogP contribution >= 0.6 is 15.9 Å². The number of halogens is 1. The Labute approximate surface area is 126 Å². The van der Waals surface area contributed by atoms with Crippen LogP contribution < -0.4 is 5.32 Å². The number of fused-ring (bicyclic) bond motifs is 1. The van der Waals surface area contributed by atoms with Gasteiger partial charge < -0.3 is 5.32 Å². The van der Waals surface area contributed by atoms with E-state index >= 15 is 0 Å². The molecule has 1 unspecified atom stereocenters. The van der Waals surface area contributed by atoms with Gasteiger partial charge in [-0.25, -0.2) is 0 Å². The molecule has 0 amide bonds. The van der Waals surface area contributed by atoms with Gasteiger partial charge in [0.1, 0.15) is 0 Å².